The van der Waals surface area contributed by atoms with E-state index in [0.717, 1.165) is 10.2 Å². The predicted molar refractivity (Wildman–Crippen MR) is 189 cm³/mol. The van der Waals surface area contributed by atoms with Gasteiger partial charge in [-0.25, -0.2) is 8.42 Å². The van der Waals surface area contributed by atoms with Crippen LogP contribution in [0.5, 0.6) is 0 Å². The Morgan fingerprint density at radius 2 is 1.56 bits per heavy atom. The van der Waals surface area contributed by atoms with Gasteiger partial charge in [-0.2, -0.15) is 22.0 Å². The molecule has 2 unspecified atom stereocenters. The van der Waals surface area contributed by atoms with Crippen LogP contribution < -0.4 is 16.0 Å². The Bertz CT molecular complexity index is 1990. The number of alkyl halides is 5. The second-order valence-electron chi connectivity index (χ2n) is 13.2. The molecule has 4 amide bonds. The number of halogens is 6. The van der Waals surface area contributed by atoms with Crippen molar-refractivity contribution in [3.05, 3.63) is 101 Å². The number of aromatic nitrogens is 1. The molecule has 1 aliphatic rings. The van der Waals surface area contributed by atoms with Crippen LogP contribution in [0.2, 0.25) is 5.02 Å². The Balaban J connectivity index is 1.69. The molecule has 3 N–H and O–H groups in total. The van der Waals surface area contributed by atoms with E-state index >= 15 is 0 Å². The summed E-state index contributed by atoms with van der Waals surface area (Å²) in [6.07, 6.45) is -4.51. The lowest BCUT2D eigenvalue weighted by Crippen LogP contribution is -2.60. The van der Waals surface area contributed by atoms with Crippen molar-refractivity contribution in [1.82, 2.24) is 25.8 Å². The summed E-state index contributed by atoms with van der Waals surface area (Å²) in [5.41, 5.74) is 0.771. The number of Topliss-reactive ketones (excluding diaryl/α,β-unsaturated/α-hetero) is 1. The van der Waals surface area contributed by atoms with E-state index in [2.05, 4.69) is 15.6 Å². The molecule has 0 spiro atoms. The number of carbonyl (C=O) groups is 5. The van der Waals surface area contributed by atoms with E-state index in [9.17, 15) is 54.3 Å². The van der Waals surface area contributed by atoms with Gasteiger partial charge in [-0.15, -0.1) is 0 Å². The van der Waals surface area contributed by atoms with E-state index in [-0.39, 0.29) is 12.1 Å². The molecule has 3 aromatic rings. The molecule has 19 heteroatoms. The van der Waals surface area contributed by atoms with Gasteiger partial charge in [-0.05, 0) is 47.7 Å². The van der Waals surface area contributed by atoms with E-state index in [1.54, 1.807) is 54.6 Å². The molecule has 0 radical (unpaired) electrons. The van der Waals surface area contributed by atoms with E-state index in [1.165, 1.54) is 38.2 Å². The van der Waals surface area contributed by atoms with E-state index in [4.69, 9.17) is 11.6 Å². The highest BCUT2D eigenvalue weighted by Gasteiger charge is 2.53. The van der Waals surface area contributed by atoms with Gasteiger partial charge in [0.25, 0.3) is 11.8 Å². The number of amides is 4. The summed E-state index contributed by atoms with van der Waals surface area (Å²) in [7, 11) is -4.14. The number of rotatable bonds is 15. The number of hydrogen-bond donors (Lipinski definition) is 3. The molecule has 1 aliphatic heterocycles. The molecule has 1 aromatic heterocycles. The van der Waals surface area contributed by atoms with Crippen LogP contribution >= 0.6 is 11.6 Å². The van der Waals surface area contributed by atoms with Crippen LogP contribution in [0.25, 0.3) is 0 Å². The monoisotopic (exact) mass is 813 g/mol. The fraction of sp³-hybridized carbons (Fsp3) is 0.389. The topological polar surface area (TPSA) is 172 Å². The maximum atomic E-state index is 15.0. The molecule has 55 heavy (non-hydrogen) atoms. The van der Waals surface area contributed by atoms with Crippen molar-refractivity contribution in [3.63, 3.8) is 0 Å². The zero-order valence-electron chi connectivity index (χ0n) is 29.4. The SMILES string of the molecule is CC(C)C(NC(=O)[C@@H]1C[C@@H](S(=O)(=O)Cc2ccccc2)CN1C(=O)C(Cc1cccc(Cl)c1)NC(=O)c1ccccn1)C(=O)C(F)(F)C(=O)NCC(F)(F)F. The molecule has 0 bridgehead atoms. The second kappa shape index (κ2) is 17.7. The zero-order valence-corrected chi connectivity index (χ0v) is 30.9. The third kappa shape index (κ3) is 11.3. The average Bonchev–Trinajstić information content (AvgIpc) is 3.59. The number of ketones is 1. The number of sulfone groups is 1. The van der Waals surface area contributed by atoms with Gasteiger partial charge in [0.15, 0.2) is 9.84 Å². The summed E-state index contributed by atoms with van der Waals surface area (Å²) in [4.78, 5) is 71.6. The maximum absolute atomic E-state index is 15.0. The number of carbonyl (C=O) groups excluding carboxylic acids is 5. The van der Waals surface area contributed by atoms with E-state index in [0.29, 0.717) is 16.1 Å². The highest BCUT2D eigenvalue weighted by molar-refractivity contribution is 7.91. The van der Waals surface area contributed by atoms with Crippen LogP contribution in [0.1, 0.15) is 41.9 Å². The Morgan fingerprint density at radius 1 is 0.909 bits per heavy atom. The van der Waals surface area contributed by atoms with Crippen molar-refractivity contribution in [3.8, 4) is 0 Å². The molecule has 296 valence electrons. The third-order valence-electron chi connectivity index (χ3n) is 8.69. The lowest BCUT2D eigenvalue weighted by Gasteiger charge is -2.31. The minimum Gasteiger partial charge on any atom is -0.344 e. The van der Waals surface area contributed by atoms with Crippen molar-refractivity contribution in [2.45, 2.75) is 67.9 Å². The molecule has 1 fully saturated rings. The van der Waals surface area contributed by atoms with Gasteiger partial charge in [0, 0.05) is 24.2 Å². The number of pyridine rings is 1. The maximum Gasteiger partial charge on any atom is 0.405 e. The van der Waals surface area contributed by atoms with Crippen molar-refractivity contribution in [1.29, 1.82) is 0 Å². The second-order valence-corrected chi connectivity index (χ2v) is 15.9. The highest BCUT2D eigenvalue weighted by atomic mass is 35.5. The summed E-state index contributed by atoms with van der Waals surface area (Å²) in [6.45, 7) is -0.316. The summed E-state index contributed by atoms with van der Waals surface area (Å²) in [5.74, 6) is -14.5. The van der Waals surface area contributed by atoms with Crippen LogP contribution in [0.15, 0.2) is 79.0 Å². The average molecular weight is 814 g/mol. The highest BCUT2D eigenvalue weighted by Crippen LogP contribution is 2.29. The molecule has 2 heterocycles. The Kier molecular flexibility index (Phi) is 13.7. The van der Waals surface area contributed by atoms with Gasteiger partial charge in [-0.1, -0.05) is 74.0 Å². The fourth-order valence-corrected chi connectivity index (χ4v) is 7.86. The molecule has 0 aliphatic carbocycles. The molecule has 2 aromatic carbocycles. The number of nitrogens with one attached hydrogen (secondary N) is 3. The van der Waals surface area contributed by atoms with Gasteiger partial charge in [-0.3, -0.25) is 29.0 Å². The molecular formula is C36H37ClF5N5O7S. The number of hydrogen-bond acceptors (Lipinski definition) is 8. The van der Waals surface area contributed by atoms with Crippen LogP contribution in [-0.2, 0) is 41.2 Å². The third-order valence-corrected chi connectivity index (χ3v) is 11.0. The number of likely N-dealkylation sites (tertiary alicyclic amines) is 1. The van der Waals surface area contributed by atoms with Crippen molar-refractivity contribution in [2.75, 3.05) is 13.1 Å². The summed E-state index contributed by atoms with van der Waals surface area (Å²) in [6, 6.07) is 13.3. The van der Waals surface area contributed by atoms with Gasteiger partial charge in [0.05, 0.1) is 17.0 Å². The molecule has 12 nitrogen and oxygen atoms in total. The summed E-state index contributed by atoms with van der Waals surface area (Å²) >= 11 is 6.16. The normalized spacial score (nSPS) is 17.3. The first-order chi connectivity index (χ1) is 25.7. The summed E-state index contributed by atoms with van der Waals surface area (Å²) in [5, 5.41) is 4.51. The van der Waals surface area contributed by atoms with Crippen LogP contribution in [-0.4, -0.2) is 96.3 Å². The first-order valence-electron chi connectivity index (χ1n) is 16.8. The van der Waals surface area contributed by atoms with Gasteiger partial charge >= 0.3 is 12.1 Å². The standard InChI is InChI=1S/C36H37ClF5N5O7S/c1-21(2)29(30(48)36(41,42)34(52)44-20-35(38,39)40)46-32(50)28-17-25(55(53,54)19-22-9-4-3-5-10-22)18-47(28)33(51)27(16-23-11-8-12-24(37)15-23)45-31(49)26-13-6-7-14-43-26/h3-15,21,25,27-29H,16-20H2,1-2H3,(H,44,52)(H,45,49)(H,46,50)/t25-,27?,28+,29?/m1/s1. The molecule has 1 saturated heterocycles. The Labute approximate surface area is 318 Å². The van der Waals surface area contributed by atoms with Crippen molar-refractivity contribution < 1.29 is 54.3 Å². The minimum absolute atomic E-state index is 0.0797. The quantitative estimate of drug-likeness (QED) is 0.154. The van der Waals surface area contributed by atoms with E-state index < -0.39 is 106 Å². The first-order valence-corrected chi connectivity index (χ1v) is 18.9. The van der Waals surface area contributed by atoms with Crippen molar-refractivity contribution >= 4 is 50.9 Å². The Hall–Kier alpha value is -4.97. The molecule has 4 atom stereocenters. The van der Waals surface area contributed by atoms with E-state index in [1.807, 2.05) is 0 Å². The lowest BCUT2D eigenvalue weighted by atomic mass is 9.94. The minimum atomic E-state index is -5.07. The number of benzene rings is 2. The Morgan fingerprint density at radius 3 is 2.16 bits per heavy atom. The molecular weight excluding hydrogens is 777 g/mol. The first kappa shape index (κ1) is 42.8. The fourth-order valence-electron chi connectivity index (χ4n) is 5.89. The number of nitrogens with zero attached hydrogens (tertiary/aromatic N) is 2. The predicted octanol–water partition coefficient (Wildman–Crippen LogP) is 3.68. The van der Waals surface area contributed by atoms with Crippen LogP contribution in [0.4, 0.5) is 22.0 Å². The van der Waals surface area contributed by atoms with Gasteiger partial charge < -0.3 is 20.9 Å². The van der Waals surface area contributed by atoms with Crippen LogP contribution in [0, 0.1) is 5.92 Å². The summed E-state index contributed by atoms with van der Waals surface area (Å²) < 4.78 is 95.3. The van der Waals surface area contributed by atoms with Crippen LogP contribution in [0.3, 0.4) is 0 Å². The lowest BCUT2D eigenvalue weighted by molar-refractivity contribution is -0.165. The zero-order chi connectivity index (χ0) is 40.7. The molecule has 0 saturated carbocycles. The van der Waals surface area contributed by atoms with Gasteiger partial charge in [0.2, 0.25) is 17.6 Å². The largest absolute Gasteiger partial charge is 0.405 e. The smallest absolute Gasteiger partial charge is 0.344 e. The van der Waals surface area contributed by atoms with Gasteiger partial charge in [0.1, 0.15) is 24.3 Å². The molecule has 4 rings (SSSR count). The van der Waals surface area contributed by atoms with Crippen molar-refractivity contribution in [2.24, 2.45) is 5.92 Å².